The Morgan fingerprint density at radius 3 is 0.750 bits per heavy atom. The zero-order valence-corrected chi connectivity index (χ0v) is 47.7. The molecule has 13 aromatic carbocycles. The number of rotatable bonds is 11. The van der Waals surface area contributed by atoms with E-state index in [0.29, 0.717) is 23.0 Å². The molecule has 0 spiro atoms. The monoisotopic (exact) mass is 1120 g/mol. The average Bonchev–Trinajstić information content (AvgIpc) is 2.61. The van der Waals surface area contributed by atoms with Crippen molar-refractivity contribution in [1.82, 2.24) is 24.1 Å². The lowest BCUT2D eigenvalue weighted by molar-refractivity contribution is 1.07. The van der Waals surface area contributed by atoms with Crippen LogP contribution in [0.2, 0.25) is 0 Å². The molecule has 0 N–H and O–H groups in total. The lowest BCUT2D eigenvalue weighted by atomic mass is 9.89. The van der Waals surface area contributed by atoms with Crippen molar-refractivity contribution in [1.29, 1.82) is 5.26 Å². The van der Waals surface area contributed by atoms with E-state index in [0.717, 1.165) is 94.6 Å². The summed E-state index contributed by atoms with van der Waals surface area (Å²) in [4.78, 5) is 15.5. The maximum atomic E-state index is 11.6. The highest BCUT2D eigenvalue weighted by atomic mass is 15.0. The molecule has 6 nitrogen and oxygen atoms in total. The fourth-order valence-electron chi connectivity index (χ4n) is 12.7. The smallest absolute Gasteiger partial charge is 0.164 e. The number of aromatic nitrogens is 5. The van der Waals surface area contributed by atoms with E-state index in [-0.39, 0.29) is 0 Å². The molecular formula is C82H52N6. The summed E-state index contributed by atoms with van der Waals surface area (Å²) in [6.07, 6.45) is 0. The van der Waals surface area contributed by atoms with Crippen LogP contribution < -0.4 is 0 Å². The number of benzene rings is 13. The van der Waals surface area contributed by atoms with Crippen LogP contribution >= 0.6 is 0 Å². The molecule has 3 aromatic heterocycles. The van der Waals surface area contributed by atoms with Crippen molar-refractivity contribution in [2.24, 2.45) is 0 Å². The van der Waals surface area contributed by atoms with Gasteiger partial charge in [-0.25, -0.2) is 15.0 Å². The first-order chi connectivity index (χ1) is 43.6. The van der Waals surface area contributed by atoms with Crippen molar-refractivity contribution >= 4 is 43.6 Å². The normalized spacial score (nSPS) is 11.4. The third-order valence-corrected chi connectivity index (χ3v) is 17.0. The van der Waals surface area contributed by atoms with E-state index in [4.69, 9.17) is 15.0 Å². The van der Waals surface area contributed by atoms with Crippen molar-refractivity contribution in [2.75, 3.05) is 0 Å². The van der Waals surface area contributed by atoms with Gasteiger partial charge in [0.1, 0.15) is 6.07 Å². The van der Waals surface area contributed by atoms with Crippen molar-refractivity contribution < 1.29 is 0 Å². The number of hydrogen-bond donors (Lipinski definition) is 0. The van der Waals surface area contributed by atoms with E-state index >= 15 is 0 Å². The third kappa shape index (κ3) is 9.28. The van der Waals surface area contributed by atoms with E-state index in [1.807, 2.05) is 60.7 Å². The Kier molecular flexibility index (Phi) is 12.8. The van der Waals surface area contributed by atoms with Crippen LogP contribution in [0.1, 0.15) is 5.56 Å². The molecule has 0 aliphatic heterocycles. The Morgan fingerprint density at radius 2 is 0.477 bits per heavy atom. The van der Waals surface area contributed by atoms with Gasteiger partial charge in [0.25, 0.3) is 0 Å². The first-order valence-electron chi connectivity index (χ1n) is 29.6. The molecule has 16 aromatic rings. The van der Waals surface area contributed by atoms with Gasteiger partial charge in [0.15, 0.2) is 17.5 Å². The molecule has 3 heterocycles. The predicted molar refractivity (Wildman–Crippen MR) is 362 cm³/mol. The average molecular weight is 1120 g/mol. The van der Waals surface area contributed by atoms with Gasteiger partial charge in [0, 0.05) is 60.7 Å². The number of nitrogens with zero attached hydrogens (tertiary/aromatic N) is 6. The van der Waals surface area contributed by atoms with E-state index in [2.05, 4.69) is 270 Å². The van der Waals surface area contributed by atoms with Crippen LogP contribution in [-0.4, -0.2) is 24.1 Å². The highest BCUT2D eigenvalue weighted by molar-refractivity contribution is 6.13. The van der Waals surface area contributed by atoms with Crippen LogP contribution in [0.5, 0.6) is 0 Å². The molecule has 0 aliphatic carbocycles. The molecule has 6 heteroatoms. The molecule has 0 radical (unpaired) electrons. The minimum Gasteiger partial charge on any atom is -0.309 e. The topological polar surface area (TPSA) is 72.3 Å². The summed E-state index contributed by atoms with van der Waals surface area (Å²) in [6, 6.07) is 114. The van der Waals surface area contributed by atoms with Crippen molar-refractivity contribution in [3.63, 3.8) is 0 Å². The Balaban J connectivity index is 0.860. The fourth-order valence-corrected chi connectivity index (χ4v) is 12.7. The Bertz CT molecular complexity index is 4810. The van der Waals surface area contributed by atoms with E-state index in [9.17, 15) is 5.26 Å². The number of hydrogen-bond acceptors (Lipinski definition) is 4. The Labute approximate surface area is 509 Å². The number of nitriles is 1. The highest BCUT2D eigenvalue weighted by Crippen LogP contribution is 2.43. The first-order valence-corrected chi connectivity index (χ1v) is 29.6. The molecule has 0 fully saturated rings. The molecular weight excluding hydrogens is 1070 g/mol. The van der Waals surface area contributed by atoms with Gasteiger partial charge in [0.05, 0.1) is 27.6 Å². The maximum Gasteiger partial charge on any atom is 0.164 e. The molecule has 0 saturated heterocycles. The van der Waals surface area contributed by atoms with Gasteiger partial charge in [-0.05, 0) is 141 Å². The van der Waals surface area contributed by atoms with E-state index in [1.165, 1.54) is 43.8 Å². The first kappa shape index (κ1) is 51.6. The SMILES string of the molecule is N#Cc1c(-c2ccc(-n3c4ccc(-c5ccccc5)cc4c4cc(-c5ccccc5)ccc43)cc2)cc(-c2nc(-c3ccccc3)nc(-c3ccccc3)n2)cc1-c1ccc(-n2c3ccc(-c4ccccc4)cc3c3cc(-c4ccccc4)ccc32)cc1. The molecule has 0 amide bonds. The third-order valence-electron chi connectivity index (χ3n) is 17.0. The summed E-state index contributed by atoms with van der Waals surface area (Å²) >= 11 is 0. The van der Waals surface area contributed by atoms with Gasteiger partial charge in [0.2, 0.25) is 0 Å². The van der Waals surface area contributed by atoms with Gasteiger partial charge in [-0.15, -0.1) is 0 Å². The zero-order chi connectivity index (χ0) is 58.5. The fraction of sp³-hybridized carbons (Fsp3) is 0. The summed E-state index contributed by atoms with van der Waals surface area (Å²) in [7, 11) is 0. The summed E-state index contributed by atoms with van der Waals surface area (Å²) in [5.41, 5.74) is 22.1. The molecule has 16 rings (SSSR count). The molecule has 410 valence electrons. The second-order valence-corrected chi connectivity index (χ2v) is 22.3. The second kappa shape index (κ2) is 21.9. The molecule has 88 heavy (non-hydrogen) atoms. The van der Waals surface area contributed by atoms with Crippen LogP contribution in [0.25, 0.3) is 156 Å². The van der Waals surface area contributed by atoms with E-state index < -0.39 is 0 Å². The number of fused-ring (bicyclic) bond motifs is 6. The lowest BCUT2D eigenvalue weighted by Crippen LogP contribution is -2.01. The van der Waals surface area contributed by atoms with Gasteiger partial charge >= 0.3 is 0 Å². The minimum absolute atomic E-state index is 0.498. The second-order valence-electron chi connectivity index (χ2n) is 22.3. The maximum absolute atomic E-state index is 11.6. The molecule has 0 bridgehead atoms. The highest BCUT2D eigenvalue weighted by Gasteiger charge is 2.22. The van der Waals surface area contributed by atoms with Crippen LogP contribution in [-0.2, 0) is 0 Å². The quantitative estimate of drug-likeness (QED) is 0.129. The summed E-state index contributed by atoms with van der Waals surface area (Å²) < 4.78 is 4.71. The van der Waals surface area contributed by atoms with Gasteiger partial charge in [-0.2, -0.15) is 5.26 Å². The summed E-state index contributed by atoms with van der Waals surface area (Å²) in [5.74, 6) is 1.61. The van der Waals surface area contributed by atoms with Crippen LogP contribution in [0, 0.1) is 11.3 Å². The molecule has 0 atom stereocenters. The molecule has 0 aliphatic rings. The molecule has 0 saturated carbocycles. The largest absolute Gasteiger partial charge is 0.309 e. The van der Waals surface area contributed by atoms with Crippen molar-refractivity contribution in [3.05, 3.63) is 321 Å². The van der Waals surface area contributed by atoms with Crippen LogP contribution in [0.3, 0.4) is 0 Å². The summed E-state index contributed by atoms with van der Waals surface area (Å²) in [6.45, 7) is 0. The van der Waals surface area contributed by atoms with Gasteiger partial charge < -0.3 is 9.13 Å². The van der Waals surface area contributed by atoms with E-state index in [1.54, 1.807) is 0 Å². The minimum atomic E-state index is 0.498. The van der Waals surface area contributed by atoms with Crippen molar-refractivity contribution in [3.8, 4) is 118 Å². The standard InChI is InChI=1S/C82H52N6/c83-53-75-69(58-31-39-67(40-32-58)87-76-43-35-62(54-19-7-1-8-20-54)47-71(76)72-48-63(36-44-77(72)87)55-21-9-2-10-22-55)51-66(82-85-80(60-27-15-5-16-28-60)84-81(86-82)61-29-17-6-18-30-61)52-70(75)59-33-41-68(42-34-59)88-78-45-37-64(56-23-11-3-12-24-56)49-73(78)74-50-65(38-46-79(74)88)57-25-13-4-14-26-57/h1-52H. The summed E-state index contributed by atoms with van der Waals surface area (Å²) in [5, 5.41) is 16.2. The Hall–Kier alpha value is -12.0. The van der Waals surface area contributed by atoms with Crippen LogP contribution in [0.4, 0.5) is 0 Å². The Morgan fingerprint density at radius 1 is 0.227 bits per heavy atom. The zero-order valence-electron chi connectivity index (χ0n) is 47.7. The lowest BCUT2D eigenvalue weighted by Gasteiger charge is -2.16. The van der Waals surface area contributed by atoms with Gasteiger partial charge in [-0.3, -0.25) is 0 Å². The molecule has 0 unspecified atom stereocenters. The van der Waals surface area contributed by atoms with Crippen molar-refractivity contribution in [2.45, 2.75) is 0 Å². The predicted octanol–water partition coefficient (Wildman–Crippen LogP) is 20.9. The van der Waals surface area contributed by atoms with Crippen LogP contribution in [0.15, 0.2) is 315 Å². The van der Waals surface area contributed by atoms with Gasteiger partial charge in [-0.1, -0.05) is 231 Å².